The van der Waals surface area contributed by atoms with Gasteiger partial charge in [0.25, 0.3) is 5.91 Å². The van der Waals surface area contributed by atoms with Crippen molar-refractivity contribution in [2.24, 2.45) is 5.73 Å². The summed E-state index contributed by atoms with van der Waals surface area (Å²) in [4.78, 5) is 11.9. The zero-order valence-corrected chi connectivity index (χ0v) is 12.6. The molecule has 0 fully saturated rings. The van der Waals surface area contributed by atoms with E-state index in [-0.39, 0.29) is 11.9 Å². The summed E-state index contributed by atoms with van der Waals surface area (Å²) in [6.45, 7) is 5.77. The third-order valence-electron chi connectivity index (χ3n) is 3.35. The fraction of sp³-hybridized carbons (Fsp3) is 0.562. The molecule has 112 valence electrons. The van der Waals surface area contributed by atoms with E-state index in [0.29, 0.717) is 5.56 Å². The summed E-state index contributed by atoms with van der Waals surface area (Å²) in [5.74, 6) is -0.00570. The van der Waals surface area contributed by atoms with Gasteiger partial charge in [0.05, 0.1) is 0 Å². The number of hydrogen-bond donors (Lipinski definition) is 3. The number of nitrogens with one attached hydrogen (secondary N) is 2. The second kappa shape index (κ2) is 9.37. The van der Waals surface area contributed by atoms with Crippen LogP contribution in [0.25, 0.3) is 0 Å². The predicted molar refractivity (Wildman–Crippen MR) is 85.1 cm³/mol. The lowest BCUT2D eigenvalue weighted by atomic mass is 10.1. The van der Waals surface area contributed by atoms with Crippen molar-refractivity contribution in [1.29, 1.82) is 0 Å². The number of carbonyl (C=O) groups is 1. The van der Waals surface area contributed by atoms with Crippen LogP contribution in [0.1, 0.15) is 49.9 Å². The second-order valence-electron chi connectivity index (χ2n) is 5.14. The van der Waals surface area contributed by atoms with Crippen molar-refractivity contribution in [3.05, 3.63) is 29.8 Å². The molecule has 4 nitrogen and oxygen atoms in total. The summed E-state index contributed by atoms with van der Waals surface area (Å²) < 4.78 is 0. The van der Waals surface area contributed by atoms with E-state index in [1.807, 2.05) is 31.2 Å². The van der Waals surface area contributed by atoms with Gasteiger partial charge in [0, 0.05) is 23.8 Å². The van der Waals surface area contributed by atoms with E-state index >= 15 is 0 Å². The van der Waals surface area contributed by atoms with Crippen LogP contribution in [0.2, 0.25) is 0 Å². The molecule has 0 aliphatic heterocycles. The quantitative estimate of drug-likeness (QED) is 0.608. The molecule has 0 saturated carbocycles. The largest absolute Gasteiger partial charge is 0.385 e. The highest BCUT2D eigenvalue weighted by Gasteiger charge is 2.07. The lowest BCUT2D eigenvalue weighted by Crippen LogP contribution is -2.31. The fourth-order valence-corrected chi connectivity index (χ4v) is 1.83. The Balaban J connectivity index is 2.38. The van der Waals surface area contributed by atoms with Crippen LogP contribution in [-0.2, 0) is 0 Å². The predicted octanol–water partition coefficient (Wildman–Crippen LogP) is 2.76. The van der Waals surface area contributed by atoms with Crippen molar-refractivity contribution in [3.8, 4) is 0 Å². The maximum Gasteiger partial charge on any atom is 0.251 e. The third kappa shape index (κ3) is 6.06. The molecule has 0 spiro atoms. The Labute approximate surface area is 122 Å². The van der Waals surface area contributed by atoms with E-state index in [1.54, 1.807) is 0 Å². The average Bonchev–Trinajstić information content (AvgIpc) is 2.47. The molecular weight excluding hydrogens is 250 g/mol. The topological polar surface area (TPSA) is 67.2 Å². The highest BCUT2D eigenvalue weighted by atomic mass is 16.1. The average molecular weight is 277 g/mol. The number of rotatable bonds is 9. The van der Waals surface area contributed by atoms with Gasteiger partial charge in [0.1, 0.15) is 0 Å². The second-order valence-corrected chi connectivity index (χ2v) is 5.14. The van der Waals surface area contributed by atoms with E-state index in [1.165, 1.54) is 0 Å². The van der Waals surface area contributed by atoms with Crippen LogP contribution < -0.4 is 16.4 Å². The molecule has 0 aliphatic carbocycles. The lowest BCUT2D eigenvalue weighted by molar-refractivity contribution is 0.0939. The normalized spacial score (nSPS) is 11.9. The fourth-order valence-electron chi connectivity index (χ4n) is 1.83. The number of hydrogen-bond acceptors (Lipinski definition) is 3. The summed E-state index contributed by atoms with van der Waals surface area (Å²) in [5, 5.41) is 6.31. The van der Waals surface area contributed by atoms with Crippen molar-refractivity contribution >= 4 is 11.6 Å². The van der Waals surface area contributed by atoms with Gasteiger partial charge < -0.3 is 16.4 Å². The van der Waals surface area contributed by atoms with Crippen molar-refractivity contribution in [2.45, 2.75) is 45.6 Å². The maximum absolute atomic E-state index is 11.9. The summed E-state index contributed by atoms with van der Waals surface area (Å²) in [5.41, 5.74) is 7.21. The minimum atomic E-state index is -0.00570. The smallest absolute Gasteiger partial charge is 0.251 e. The number of nitrogens with two attached hydrogens (primary N) is 1. The minimum absolute atomic E-state index is 0.00570. The van der Waals surface area contributed by atoms with Gasteiger partial charge in [-0.2, -0.15) is 0 Å². The number of unbranched alkanes of at least 4 members (excludes halogenated alkanes) is 2. The van der Waals surface area contributed by atoms with E-state index in [4.69, 9.17) is 5.73 Å². The van der Waals surface area contributed by atoms with Crippen molar-refractivity contribution in [1.82, 2.24) is 5.32 Å². The SMILES string of the molecule is CCC(C)NC(=O)c1ccc(NCCCCCN)cc1. The van der Waals surface area contributed by atoms with Gasteiger partial charge in [-0.15, -0.1) is 0 Å². The molecule has 0 saturated heterocycles. The van der Waals surface area contributed by atoms with Gasteiger partial charge in [-0.25, -0.2) is 0 Å². The van der Waals surface area contributed by atoms with Crippen LogP contribution in [0, 0.1) is 0 Å². The summed E-state index contributed by atoms with van der Waals surface area (Å²) in [6.07, 6.45) is 4.29. The van der Waals surface area contributed by atoms with E-state index in [2.05, 4.69) is 17.6 Å². The maximum atomic E-state index is 11.9. The molecule has 4 heteroatoms. The highest BCUT2D eigenvalue weighted by Crippen LogP contribution is 2.10. The molecule has 1 atom stereocenters. The van der Waals surface area contributed by atoms with Crippen LogP contribution in [-0.4, -0.2) is 25.0 Å². The van der Waals surface area contributed by atoms with Crippen molar-refractivity contribution in [2.75, 3.05) is 18.4 Å². The summed E-state index contributed by atoms with van der Waals surface area (Å²) in [6, 6.07) is 7.84. The Morgan fingerprint density at radius 2 is 1.90 bits per heavy atom. The number of benzene rings is 1. The minimum Gasteiger partial charge on any atom is -0.385 e. The van der Waals surface area contributed by atoms with Crippen molar-refractivity contribution in [3.63, 3.8) is 0 Å². The molecule has 1 unspecified atom stereocenters. The van der Waals surface area contributed by atoms with Gasteiger partial charge in [0.2, 0.25) is 0 Å². The van der Waals surface area contributed by atoms with E-state index in [9.17, 15) is 4.79 Å². The van der Waals surface area contributed by atoms with Crippen molar-refractivity contribution < 1.29 is 4.79 Å². The number of amides is 1. The molecule has 1 aromatic carbocycles. The first kappa shape index (κ1) is 16.5. The Kier molecular flexibility index (Phi) is 7.73. The zero-order valence-electron chi connectivity index (χ0n) is 12.6. The first-order chi connectivity index (χ1) is 9.67. The van der Waals surface area contributed by atoms with Gasteiger partial charge in [-0.1, -0.05) is 13.3 Å². The molecule has 20 heavy (non-hydrogen) atoms. The Morgan fingerprint density at radius 3 is 2.50 bits per heavy atom. The monoisotopic (exact) mass is 277 g/mol. The Hall–Kier alpha value is -1.55. The van der Waals surface area contributed by atoms with Gasteiger partial charge in [-0.3, -0.25) is 4.79 Å². The third-order valence-corrected chi connectivity index (χ3v) is 3.35. The highest BCUT2D eigenvalue weighted by molar-refractivity contribution is 5.94. The first-order valence-electron chi connectivity index (χ1n) is 7.52. The van der Waals surface area contributed by atoms with Crippen LogP contribution >= 0.6 is 0 Å². The standard InChI is InChI=1S/C16H27N3O/c1-3-13(2)19-16(20)14-7-9-15(10-8-14)18-12-6-4-5-11-17/h7-10,13,18H,3-6,11-12,17H2,1-2H3,(H,19,20). The van der Waals surface area contributed by atoms with E-state index < -0.39 is 0 Å². The van der Waals surface area contributed by atoms with Gasteiger partial charge in [-0.05, 0) is 57.0 Å². The molecule has 1 aromatic rings. The molecule has 0 heterocycles. The first-order valence-corrected chi connectivity index (χ1v) is 7.52. The van der Waals surface area contributed by atoms with Crippen LogP contribution in [0.5, 0.6) is 0 Å². The molecule has 1 amide bonds. The number of carbonyl (C=O) groups excluding carboxylic acids is 1. The molecular formula is C16H27N3O. The molecule has 0 aromatic heterocycles. The molecule has 1 rings (SSSR count). The van der Waals surface area contributed by atoms with Crippen LogP contribution in [0.3, 0.4) is 0 Å². The van der Waals surface area contributed by atoms with Gasteiger partial charge >= 0.3 is 0 Å². The molecule has 0 bridgehead atoms. The Morgan fingerprint density at radius 1 is 1.20 bits per heavy atom. The summed E-state index contributed by atoms with van der Waals surface area (Å²) >= 11 is 0. The van der Waals surface area contributed by atoms with E-state index in [0.717, 1.165) is 44.5 Å². The zero-order chi connectivity index (χ0) is 14.8. The lowest BCUT2D eigenvalue weighted by Gasteiger charge is -2.12. The molecule has 0 aliphatic rings. The van der Waals surface area contributed by atoms with Crippen LogP contribution in [0.15, 0.2) is 24.3 Å². The van der Waals surface area contributed by atoms with Crippen LogP contribution in [0.4, 0.5) is 5.69 Å². The van der Waals surface area contributed by atoms with Gasteiger partial charge in [0.15, 0.2) is 0 Å². The summed E-state index contributed by atoms with van der Waals surface area (Å²) in [7, 11) is 0. The Bertz CT molecular complexity index is 389. The molecule has 0 radical (unpaired) electrons. The molecule has 4 N–H and O–H groups in total. The number of anilines is 1.